The van der Waals surface area contributed by atoms with Gasteiger partial charge in [-0.1, -0.05) is 12.1 Å². The largest absolute Gasteiger partial charge is 0.504 e. The van der Waals surface area contributed by atoms with Crippen LogP contribution in [-0.4, -0.2) is 53.6 Å². The maximum absolute atomic E-state index is 10.2. The van der Waals surface area contributed by atoms with Gasteiger partial charge in [0.2, 0.25) is 0 Å². The van der Waals surface area contributed by atoms with Gasteiger partial charge in [-0.15, -0.1) is 0 Å². The lowest BCUT2D eigenvalue weighted by Crippen LogP contribution is -2.62. The van der Waals surface area contributed by atoms with Crippen LogP contribution in [0, 0.1) is 5.92 Å². The second-order valence-electron chi connectivity index (χ2n) is 8.54. The molecule has 0 radical (unpaired) electrons. The molecule has 1 aromatic carbocycles. The van der Waals surface area contributed by atoms with Crippen molar-refractivity contribution in [3.63, 3.8) is 0 Å². The van der Waals surface area contributed by atoms with E-state index in [1.165, 1.54) is 0 Å². The van der Waals surface area contributed by atoms with E-state index in [9.17, 15) is 5.11 Å². The smallest absolute Gasteiger partial charge is 0.167 e. The van der Waals surface area contributed by atoms with Crippen LogP contribution in [0.25, 0.3) is 0 Å². The molecule has 0 saturated carbocycles. The quantitative estimate of drug-likeness (QED) is 0.846. The van der Waals surface area contributed by atoms with Crippen molar-refractivity contribution in [2.75, 3.05) is 26.3 Å². The van der Waals surface area contributed by atoms with Gasteiger partial charge in [-0.2, -0.15) is 0 Å². The lowest BCUT2D eigenvalue weighted by molar-refractivity contribution is -0.232. The van der Waals surface area contributed by atoms with E-state index in [1.54, 1.807) is 6.07 Å². The van der Waals surface area contributed by atoms with Crippen molar-refractivity contribution in [2.45, 2.75) is 57.5 Å². The summed E-state index contributed by atoms with van der Waals surface area (Å²) in [5.41, 5.74) is 0.266. The molecule has 2 fully saturated rings. The number of hydrogen-bond acceptors (Lipinski definition) is 5. The van der Waals surface area contributed by atoms with Gasteiger partial charge in [0.15, 0.2) is 11.5 Å². The van der Waals surface area contributed by atoms with E-state index >= 15 is 0 Å². The maximum Gasteiger partial charge on any atom is 0.167 e. The van der Waals surface area contributed by atoms with Crippen LogP contribution in [0.3, 0.4) is 0 Å². The number of morpholine rings is 1. The van der Waals surface area contributed by atoms with Gasteiger partial charge in [0.05, 0.1) is 19.3 Å². The predicted octanol–water partition coefficient (Wildman–Crippen LogP) is 3.12. The first kappa shape index (κ1) is 17.1. The van der Waals surface area contributed by atoms with E-state index in [1.807, 2.05) is 12.1 Å². The number of fused-ring (bicyclic) bond motifs is 3. The van der Waals surface area contributed by atoms with Crippen LogP contribution in [0.15, 0.2) is 18.2 Å². The zero-order valence-corrected chi connectivity index (χ0v) is 15.6. The summed E-state index contributed by atoms with van der Waals surface area (Å²) in [6, 6.07) is 6.04. The second kappa shape index (κ2) is 5.86. The van der Waals surface area contributed by atoms with Crippen molar-refractivity contribution in [3.8, 4) is 11.5 Å². The number of rotatable bonds is 1. The summed E-state index contributed by atoms with van der Waals surface area (Å²) in [6.45, 7) is 11.9. The van der Waals surface area contributed by atoms with Crippen LogP contribution in [0.1, 0.15) is 45.8 Å². The molecule has 2 saturated heterocycles. The third-order valence-corrected chi connectivity index (χ3v) is 6.08. The van der Waals surface area contributed by atoms with Crippen LogP contribution in [0.4, 0.5) is 0 Å². The van der Waals surface area contributed by atoms with Gasteiger partial charge < -0.3 is 19.3 Å². The molecule has 138 valence electrons. The molecule has 0 amide bonds. The number of benzene rings is 1. The monoisotopic (exact) mass is 347 g/mol. The number of para-hydroxylation sites is 1. The minimum absolute atomic E-state index is 0.0606. The molecule has 5 nitrogen and oxygen atoms in total. The Bertz CT molecular complexity index is 659. The minimum atomic E-state index is -0.423. The third kappa shape index (κ3) is 2.82. The molecule has 3 aliphatic rings. The molecule has 3 heterocycles. The SMILES string of the molecule is CC(C)N1CCO[C@@]2(CO[C@@H]3c4cccc(O)c4OC(C)(C)[C@H]3C2)C1. The standard InChI is InChI=1S/C20H29NO4/c1-13(2)21-8-9-24-20(11-21)10-15-17(23-12-20)14-6-5-7-16(22)18(14)25-19(15,3)4/h5-7,13,15,17,22H,8-12H2,1-4H3/t15-,17+,20+/m0/s1. The number of phenols is 1. The highest BCUT2D eigenvalue weighted by Gasteiger charge is 2.54. The molecule has 0 aromatic heterocycles. The van der Waals surface area contributed by atoms with E-state index in [0.29, 0.717) is 18.4 Å². The van der Waals surface area contributed by atoms with E-state index < -0.39 is 5.60 Å². The zero-order valence-electron chi connectivity index (χ0n) is 15.6. The Morgan fingerprint density at radius 3 is 2.84 bits per heavy atom. The molecule has 3 atom stereocenters. The van der Waals surface area contributed by atoms with E-state index in [-0.39, 0.29) is 23.4 Å². The number of aromatic hydroxyl groups is 1. The molecule has 1 spiro atoms. The summed E-state index contributed by atoms with van der Waals surface area (Å²) in [4.78, 5) is 2.48. The molecule has 25 heavy (non-hydrogen) atoms. The van der Waals surface area contributed by atoms with Crippen LogP contribution in [0.5, 0.6) is 11.5 Å². The normalized spacial score (nSPS) is 34.4. The Kier molecular flexibility index (Phi) is 4.02. The average molecular weight is 347 g/mol. The number of hydrogen-bond donors (Lipinski definition) is 1. The highest BCUT2D eigenvalue weighted by Crippen LogP contribution is 2.54. The predicted molar refractivity (Wildman–Crippen MR) is 95.0 cm³/mol. The second-order valence-corrected chi connectivity index (χ2v) is 8.54. The van der Waals surface area contributed by atoms with Crippen LogP contribution < -0.4 is 4.74 Å². The molecular weight excluding hydrogens is 318 g/mol. The molecule has 0 unspecified atom stereocenters. The van der Waals surface area contributed by atoms with Crippen molar-refractivity contribution in [2.24, 2.45) is 5.92 Å². The molecule has 0 aliphatic carbocycles. The summed E-state index contributed by atoms with van der Waals surface area (Å²) >= 11 is 0. The fourth-order valence-electron chi connectivity index (χ4n) is 4.58. The van der Waals surface area contributed by atoms with Crippen molar-refractivity contribution in [1.82, 2.24) is 4.90 Å². The van der Waals surface area contributed by atoms with Crippen molar-refractivity contribution >= 4 is 0 Å². The molecule has 3 aliphatic heterocycles. The highest BCUT2D eigenvalue weighted by molar-refractivity contribution is 5.49. The number of phenolic OH excluding ortho intramolecular Hbond substituents is 1. The molecule has 1 N–H and O–H groups in total. The lowest BCUT2D eigenvalue weighted by atomic mass is 9.71. The lowest BCUT2D eigenvalue weighted by Gasteiger charge is -2.54. The van der Waals surface area contributed by atoms with Gasteiger partial charge in [-0.05, 0) is 40.2 Å². The van der Waals surface area contributed by atoms with Gasteiger partial charge in [-0.25, -0.2) is 0 Å². The summed E-state index contributed by atoms with van der Waals surface area (Å²) in [5.74, 6) is 0.938. The fraction of sp³-hybridized carbons (Fsp3) is 0.700. The van der Waals surface area contributed by atoms with Crippen molar-refractivity contribution in [1.29, 1.82) is 0 Å². The zero-order chi connectivity index (χ0) is 17.8. The van der Waals surface area contributed by atoms with Crippen molar-refractivity contribution < 1.29 is 19.3 Å². The molecule has 0 bridgehead atoms. The Labute approximate surface area is 149 Å². The first-order valence-electron chi connectivity index (χ1n) is 9.32. The van der Waals surface area contributed by atoms with E-state index in [4.69, 9.17) is 14.2 Å². The Morgan fingerprint density at radius 1 is 1.28 bits per heavy atom. The Hall–Kier alpha value is -1.30. The van der Waals surface area contributed by atoms with Gasteiger partial charge in [0.25, 0.3) is 0 Å². The fourth-order valence-corrected chi connectivity index (χ4v) is 4.58. The topological polar surface area (TPSA) is 51.2 Å². The summed E-state index contributed by atoms with van der Waals surface area (Å²) < 4.78 is 18.9. The Morgan fingerprint density at radius 2 is 2.08 bits per heavy atom. The van der Waals surface area contributed by atoms with Crippen LogP contribution >= 0.6 is 0 Å². The average Bonchev–Trinajstić information content (AvgIpc) is 2.56. The first-order valence-corrected chi connectivity index (χ1v) is 9.32. The van der Waals surface area contributed by atoms with E-state index in [2.05, 4.69) is 32.6 Å². The van der Waals surface area contributed by atoms with Gasteiger partial charge in [-0.3, -0.25) is 4.90 Å². The van der Waals surface area contributed by atoms with Gasteiger partial charge in [0, 0.05) is 30.6 Å². The third-order valence-electron chi connectivity index (χ3n) is 6.08. The molecule has 4 rings (SSSR count). The Balaban J connectivity index is 1.65. The summed E-state index contributed by atoms with van der Waals surface area (Å²) in [7, 11) is 0. The summed E-state index contributed by atoms with van der Waals surface area (Å²) in [5, 5.41) is 10.2. The van der Waals surface area contributed by atoms with E-state index in [0.717, 1.165) is 31.7 Å². The minimum Gasteiger partial charge on any atom is -0.504 e. The van der Waals surface area contributed by atoms with Crippen molar-refractivity contribution in [3.05, 3.63) is 23.8 Å². The van der Waals surface area contributed by atoms with Gasteiger partial charge >= 0.3 is 0 Å². The van der Waals surface area contributed by atoms with Crippen LogP contribution in [-0.2, 0) is 9.47 Å². The maximum atomic E-state index is 10.2. The van der Waals surface area contributed by atoms with Crippen LogP contribution in [0.2, 0.25) is 0 Å². The van der Waals surface area contributed by atoms with Gasteiger partial charge in [0.1, 0.15) is 11.2 Å². The highest BCUT2D eigenvalue weighted by atomic mass is 16.6. The first-order chi connectivity index (χ1) is 11.8. The number of nitrogens with zero attached hydrogens (tertiary/aromatic N) is 1. The molecule has 1 aromatic rings. The summed E-state index contributed by atoms with van der Waals surface area (Å²) in [6.07, 6.45) is 0.845. The molecular formula is C20H29NO4. The number of ether oxygens (including phenoxy) is 3. The molecule has 5 heteroatoms.